The van der Waals surface area contributed by atoms with E-state index in [1.54, 1.807) is 0 Å². The molecule has 0 atom stereocenters. The molecule has 0 fully saturated rings. The summed E-state index contributed by atoms with van der Waals surface area (Å²) in [6.07, 6.45) is 3.71. The van der Waals surface area contributed by atoms with Gasteiger partial charge in [0.05, 0.1) is 11.4 Å². The second-order valence-corrected chi connectivity index (χ2v) is 8.75. The molecule has 0 spiro atoms. The van der Waals surface area contributed by atoms with Crippen molar-refractivity contribution < 1.29 is 34.8 Å². The molecule has 0 bridgehead atoms. The van der Waals surface area contributed by atoms with Crippen molar-refractivity contribution in [3.8, 4) is 0 Å². The molecule has 2 aromatic rings. The first-order valence-electron chi connectivity index (χ1n) is 10.6. The first-order valence-corrected chi connectivity index (χ1v) is 10.6. The minimum atomic E-state index is 0. The number of hydrogen-bond acceptors (Lipinski definition) is 2. The van der Waals surface area contributed by atoms with E-state index in [0.29, 0.717) is 23.7 Å². The predicted octanol–water partition coefficient (Wildman–Crippen LogP) is 5.29. The molecule has 2 aromatic carbocycles. The second kappa shape index (κ2) is 13.3. The zero-order valence-corrected chi connectivity index (χ0v) is 21.7. The van der Waals surface area contributed by atoms with Crippen molar-refractivity contribution in [1.29, 1.82) is 0 Å². The normalized spacial score (nSPS) is 11.7. The minimum absolute atomic E-state index is 0. The largest absolute Gasteiger partial charge is 1.00 e. The zero-order chi connectivity index (χ0) is 20.8. The van der Waals surface area contributed by atoms with Gasteiger partial charge in [-0.2, -0.15) is 0 Å². The molecule has 30 heavy (non-hydrogen) atoms. The van der Waals surface area contributed by atoms with Crippen molar-refractivity contribution in [2.75, 3.05) is 0 Å². The van der Waals surface area contributed by atoms with E-state index in [-0.39, 0.29) is 34.8 Å². The third-order valence-corrected chi connectivity index (χ3v) is 5.16. The summed E-state index contributed by atoms with van der Waals surface area (Å²) in [6.45, 7) is 17.8. The number of nitrogens with zero attached hydrogens (tertiary/aromatic N) is 2. The van der Waals surface area contributed by atoms with Crippen molar-refractivity contribution in [3.63, 3.8) is 0 Å². The molecule has 2 nitrogen and oxygen atoms in total. The van der Waals surface area contributed by atoms with Crippen LogP contribution in [0.4, 0.5) is 11.4 Å². The molecule has 168 valence electrons. The van der Waals surface area contributed by atoms with Crippen LogP contribution in [-0.2, 0) is 22.4 Å². The van der Waals surface area contributed by atoms with Gasteiger partial charge in [0.2, 0.25) is 0 Å². The van der Waals surface area contributed by atoms with Crippen LogP contribution >= 0.6 is 0 Å². The number of halogens is 1. The molecule has 0 aromatic heterocycles. The average molecular weight is 520 g/mol. The number of aliphatic imine (C=N–C) groups is 2. The maximum Gasteiger partial charge on any atom is 1.00 e. The van der Waals surface area contributed by atoms with Crippen molar-refractivity contribution >= 4 is 23.8 Å². The Morgan fingerprint density at radius 3 is 0.967 bits per heavy atom. The van der Waals surface area contributed by atoms with E-state index in [1.807, 2.05) is 12.4 Å². The van der Waals surface area contributed by atoms with E-state index in [1.165, 1.54) is 22.3 Å². The summed E-state index contributed by atoms with van der Waals surface area (Å²) in [5.74, 6) is 1.77. The van der Waals surface area contributed by atoms with Crippen LogP contribution in [-0.4, -0.2) is 12.4 Å². The quantitative estimate of drug-likeness (QED) is 0.351. The fourth-order valence-corrected chi connectivity index (χ4v) is 3.54. The van der Waals surface area contributed by atoms with E-state index >= 15 is 0 Å². The summed E-state index contributed by atoms with van der Waals surface area (Å²) in [5, 5.41) is 0. The van der Waals surface area contributed by atoms with E-state index in [9.17, 15) is 0 Å². The summed E-state index contributed by atoms with van der Waals surface area (Å²) in [4.78, 5) is 9.68. The van der Waals surface area contributed by atoms with Gasteiger partial charge in [0.15, 0.2) is 0 Å². The molecule has 0 unspecified atom stereocenters. The fraction of sp³-hybridized carbons (Fsp3) is 0.462. The molecule has 0 saturated carbocycles. The van der Waals surface area contributed by atoms with Crippen LogP contribution in [0.5, 0.6) is 0 Å². The van der Waals surface area contributed by atoms with E-state index in [0.717, 1.165) is 11.4 Å². The van der Waals surface area contributed by atoms with Crippen LogP contribution in [0.1, 0.15) is 101 Å². The summed E-state index contributed by atoms with van der Waals surface area (Å²) in [7, 11) is 0. The van der Waals surface area contributed by atoms with Gasteiger partial charge < -0.3 is 12.4 Å². The van der Waals surface area contributed by atoms with Crippen LogP contribution in [0.3, 0.4) is 0 Å². The molecule has 0 heterocycles. The maximum atomic E-state index is 4.84. The van der Waals surface area contributed by atoms with Crippen molar-refractivity contribution in [3.05, 3.63) is 58.7 Å². The van der Waals surface area contributed by atoms with E-state index in [4.69, 9.17) is 9.98 Å². The Morgan fingerprint density at radius 1 is 0.533 bits per heavy atom. The Morgan fingerprint density at radius 2 is 0.767 bits per heavy atom. The topological polar surface area (TPSA) is 24.7 Å². The Balaban J connectivity index is 0.00000420. The molecule has 0 N–H and O–H groups in total. The fourth-order valence-electron chi connectivity index (χ4n) is 3.54. The molecule has 0 saturated heterocycles. The third kappa shape index (κ3) is 7.20. The van der Waals surface area contributed by atoms with Crippen LogP contribution in [0.25, 0.3) is 0 Å². The Bertz CT molecular complexity index is 728. The first-order chi connectivity index (χ1) is 13.2. The second-order valence-electron chi connectivity index (χ2n) is 8.75. The van der Waals surface area contributed by atoms with Gasteiger partial charge in [-0.25, -0.2) is 0 Å². The van der Waals surface area contributed by atoms with E-state index in [2.05, 4.69) is 91.8 Å². The molecule has 0 amide bonds. The molecule has 0 aliphatic heterocycles. The van der Waals surface area contributed by atoms with Crippen molar-refractivity contribution in [2.24, 2.45) is 9.98 Å². The Labute approximate surface area is 205 Å². The third-order valence-electron chi connectivity index (χ3n) is 5.16. The number of rotatable bonds is 7. The number of hydrogen-bond donors (Lipinski definition) is 0. The van der Waals surface area contributed by atoms with Crippen LogP contribution in [0.15, 0.2) is 46.4 Å². The van der Waals surface area contributed by atoms with Gasteiger partial charge in [-0.15, -0.1) is 0 Å². The smallest absolute Gasteiger partial charge is 1.00 e. The monoisotopic (exact) mass is 518 g/mol. The van der Waals surface area contributed by atoms with Crippen LogP contribution in [0, 0.1) is 0 Å². The van der Waals surface area contributed by atoms with Gasteiger partial charge >= 0.3 is 22.4 Å². The average Bonchev–Trinajstić information content (AvgIpc) is 2.64. The summed E-state index contributed by atoms with van der Waals surface area (Å²) >= 11 is 0. The van der Waals surface area contributed by atoms with E-state index < -0.39 is 0 Å². The standard InChI is InChI=1S/C26H36N2.Ag.ClH/c1-17(2)21-11-9-12-22(18(3)4)25(21)27-15-16-28-26-23(19(5)6)13-10-14-24(26)20(7)8;;/h9-20H,1-8H3;;1H/q;+1;/p-1. The van der Waals surface area contributed by atoms with Crippen LogP contribution < -0.4 is 12.4 Å². The molecular weight excluding hydrogens is 484 g/mol. The van der Waals surface area contributed by atoms with Gasteiger partial charge in [-0.3, -0.25) is 9.98 Å². The zero-order valence-electron chi connectivity index (χ0n) is 19.5. The van der Waals surface area contributed by atoms with Gasteiger partial charge in [0.25, 0.3) is 0 Å². The van der Waals surface area contributed by atoms with Gasteiger partial charge in [-0.1, -0.05) is 91.8 Å². The molecular formula is C26H36AgClN2. The molecule has 0 aliphatic carbocycles. The van der Waals surface area contributed by atoms with Crippen molar-refractivity contribution in [2.45, 2.75) is 79.1 Å². The summed E-state index contributed by atoms with van der Waals surface area (Å²) in [5.41, 5.74) is 7.37. The number of para-hydroxylation sites is 2. The van der Waals surface area contributed by atoms with Gasteiger partial charge in [0.1, 0.15) is 0 Å². The Kier molecular flexibility index (Phi) is 12.7. The SMILES string of the molecule is CC(C)c1cccc(C(C)C)c1N=CC=Nc1c(C(C)C)cccc1C(C)C.[Ag+].[Cl-]. The Hall–Kier alpha value is -1.19. The molecule has 0 radical (unpaired) electrons. The molecule has 2 rings (SSSR count). The maximum absolute atomic E-state index is 4.84. The first kappa shape index (κ1) is 28.8. The summed E-state index contributed by atoms with van der Waals surface area (Å²) < 4.78 is 0. The molecule has 0 aliphatic rings. The summed E-state index contributed by atoms with van der Waals surface area (Å²) in [6, 6.07) is 13.0. The van der Waals surface area contributed by atoms with Gasteiger partial charge in [0, 0.05) is 12.4 Å². The van der Waals surface area contributed by atoms with Gasteiger partial charge in [-0.05, 0) is 45.9 Å². The van der Waals surface area contributed by atoms with Crippen molar-refractivity contribution in [1.82, 2.24) is 0 Å². The van der Waals surface area contributed by atoms with Crippen LogP contribution in [0.2, 0.25) is 0 Å². The number of benzene rings is 2. The predicted molar refractivity (Wildman–Crippen MR) is 126 cm³/mol. The molecule has 4 heteroatoms. The minimum Gasteiger partial charge on any atom is -1.00 e.